The Hall–Kier alpha value is -2.74. The highest BCUT2D eigenvalue weighted by Crippen LogP contribution is 2.23. The molecule has 0 saturated carbocycles. The number of rotatable bonds is 5. The number of fused-ring (bicyclic) bond motifs is 1. The number of amides is 1. The van der Waals surface area contributed by atoms with Crippen molar-refractivity contribution in [2.24, 2.45) is 0 Å². The van der Waals surface area contributed by atoms with Crippen LogP contribution in [0.15, 0.2) is 39.9 Å². The lowest BCUT2D eigenvalue weighted by Gasteiger charge is -2.35. The zero-order valence-electron chi connectivity index (χ0n) is 15.3. The van der Waals surface area contributed by atoms with Crippen molar-refractivity contribution in [2.45, 2.75) is 38.9 Å². The lowest BCUT2D eigenvalue weighted by atomic mass is 10.1. The van der Waals surface area contributed by atoms with Crippen molar-refractivity contribution in [3.63, 3.8) is 0 Å². The molecule has 1 atom stereocenters. The summed E-state index contributed by atoms with van der Waals surface area (Å²) < 4.78 is 15.5. The highest BCUT2D eigenvalue weighted by Gasteiger charge is 2.33. The Morgan fingerprint density at radius 2 is 1.85 bits per heavy atom. The van der Waals surface area contributed by atoms with Gasteiger partial charge in [0.25, 0.3) is 11.5 Å². The number of carbonyl (C=O) groups is 1. The van der Waals surface area contributed by atoms with Gasteiger partial charge in [0.05, 0.1) is 6.04 Å². The third-order valence-corrected chi connectivity index (χ3v) is 4.74. The summed E-state index contributed by atoms with van der Waals surface area (Å²) in [7, 11) is 0. The number of hydrogen-bond donors (Lipinski definition) is 1. The monoisotopic (exact) mass is 375 g/mol. The molecule has 2 heterocycles. The van der Waals surface area contributed by atoms with Gasteiger partial charge in [-0.05, 0) is 38.0 Å². The molecule has 2 aromatic rings. The molecule has 1 N–H and O–H groups in total. The van der Waals surface area contributed by atoms with Crippen molar-refractivity contribution >= 4 is 5.91 Å². The number of halogens is 1. The van der Waals surface area contributed by atoms with Crippen LogP contribution in [0, 0.1) is 5.82 Å². The minimum Gasteiger partial charge on any atom is -0.396 e. The number of hydrogen-bond acceptors (Lipinski definition) is 4. The number of benzene rings is 1. The van der Waals surface area contributed by atoms with Crippen LogP contribution in [0.1, 0.15) is 48.4 Å². The van der Waals surface area contributed by atoms with E-state index in [0.29, 0.717) is 0 Å². The van der Waals surface area contributed by atoms with E-state index in [1.165, 1.54) is 27.7 Å². The van der Waals surface area contributed by atoms with Crippen LogP contribution in [0.4, 0.5) is 4.39 Å². The predicted molar refractivity (Wildman–Crippen MR) is 97.2 cm³/mol. The van der Waals surface area contributed by atoms with Crippen LogP contribution in [0.3, 0.4) is 0 Å². The Labute approximate surface area is 155 Å². The molecule has 0 spiro atoms. The Balaban J connectivity index is 2.06. The molecule has 1 aliphatic rings. The van der Waals surface area contributed by atoms with E-state index in [1.54, 1.807) is 26.0 Å². The van der Waals surface area contributed by atoms with Gasteiger partial charge in [0.1, 0.15) is 11.5 Å². The molecule has 144 valence electrons. The summed E-state index contributed by atoms with van der Waals surface area (Å²) in [5.41, 5.74) is -0.311. The van der Waals surface area contributed by atoms with Crippen molar-refractivity contribution in [2.75, 3.05) is 13.2 Å². The minimum atomic E-state index is -0.541. The molecule has 0 bridgehead atoms. The second kappa shape index (κ2) is 7.48. The van der Waals surface area contributed by atoms with Crippen LogP contribution in [0.25, 0.3) is 0 Å². The van der Waals surface area contributed by atoms with Crippen LogP contribution in [-0.4, -0.2) is 38.2 Å². The van der Waals surface area contributed by atoms with Gasteiger partial charge in [0, 0.05) is 31.8 Å². The quantitative estimate of drug-likeness (QED) is 0.854. The summed E-state index contributed by atoms with van der Waals surface area (Å²) in [4.78, 5) is 39.6. The van der Waals surface area contributed by atoms with Gasteiger partial charge in [-0.15, -0.1) is 0 Å². The molecule has 0 aliphatic carbocycles. The summed E-state index contributed by atoms with van der Waals surface area (Å²) in [5.74, 6) is -0.799. The molecule has 3 rings (SSSR count). The van der Waals surface area contributed by atoms with Gasteiger partial charge in [-0.25, -0.2) is 9.18 Å². The van der Waals surface area contributed by atoms with Crippen molar-refractivity contribution in [1.29, 1.82) is 0 Å². The fraction of sp³-hybridized carbons (Fsp3) is 0.421. The van der Waals surface area contributed by atoms with Gasteiger partial charge >= 0.3 is 5.69 Å². The zero-order valence-corrected chi connectivity index (χ0v) is 15.3. The van der Waals surface area contributed by atoms with Gasteiger partial charge in [0.2, 0.25) is 0 Å². The van der Waals surface area contributed by atoms with Crippen LogP contribution in [0.5, 0.6) is 0 Å². The summed E-state index contributed by atoms with van der Waals surface area (Å²) in [6.07, 6.45) is 0.274. The number of aromatic nitrogens is 2. The normalized spacial score (nSPS) is 16.7. The van der Waals surface area contributed by atoms with E-state index in [-0.39, 0.29) is 43.7 Å². The molecule has 27 heavy (non-hydrogen) atoms. The van der Waals surface area contributed by atoms with Crippen LogP contribution < -0.4 is 11.2 Å². The average Bonchev–Trinajstić information content (AvgIpc) is 2.60. The van der Waals surface area contributed by atoms with Gasteiger partial charge in [-0.3, -0.25) is 18.7 Å². The standard InChI is InChI=1S/C19H22FN3O4/c1-12(2)22-17(25)9-16-18(26)21(10-13-3-5-14(20)6-4-13)11-15(7-8-24)23(16)19(22)27/h3-6,9,12,15,24H,7-8,10-11H2,1-2H3. The maximum absolute atomic E-state index is 13.1. The molecule has 1 aromatic carbocycles. The van der Waals surface area contributed by atoms with Crippen molar-refractivity contribution < 1.29 is 14.3 Å². The second-order valence-corrected chi connectivity index (χ2v) is 6.96. The summed E-state index contributed by atoms with van der Waals surface area (Å²) in [5, 5.41) is 9.41. The first-order chi connectivity index (χ1) is 12.8. The summed E-state index contributed by atoms with van der Waals surface area (Å²) >= 11 is 0. The third kappa shape index (κ3) is 3.57. The largest absolute Gasteiger partial charge is 0.396 e. The van der Waals surface area contributed by atoms with E-state index in [2.05, 4.69) is 0 Å². The Kier molecular flexibility index (Phi) is 5.27. The molecule has 1 amide bonds. The first kappa shape index (κ1) is 19.0. The molecule has 8 heteroatoms. The maximum atomic E-state index is 13.1. The number of aliphatic hydroxyl groups excluding tert-OH is 1. The average molecular weight is 375 g/mol. The van der Waals surface area contributed by atoms with E-state index in [9.17, 15) is 23.9 Å². The van der Waals surface area contributed by atoms with Gasteiger partial charge in [0.15, 0.2) is 0 Å². The number of aliphatic hydroxyl groups is 1. The lowest BCUT2D eigenvalue weighted by molar-refractivity contribution is 0.0623. The van der Waals surface area contributed by atoms with Gasteiger partial charge < -0.3 is 10.0 Å². The fourth-order valence-corrected chi connectivity index (χ4v) is 3.46. The summed E-state index contributed by atoms with van der Waals surface area (Å²) in [6, 6.07) is 6.20. The van der Waals surface area contributed by atoms with E-state index in [0.717, 1.165) is 10.1 Å². The fourth-order valence-electron chi connectivity index (χ4n) is 3.46. The molecule has 0 saturated heterocycles. The minimum absolute atomic E-state index is 0.0220. The number of nitrogens with zero attached hydrogens (tertiary/aromatic N) is 3. The Morgan fingerprint density at radius 1 is 1.19 bits per heavy atom. The highest BCUT2D eigenvalue weighted by atomic mass is 19.1. The predicted octanol–water partition coefficient (Wildman–Crippen LogP) is 1.31. The first-order valence-corrected chi connectivity index (χ1v) is 8.86. The Bertz CT molecular complexity index is 962. The molecule has 7 nitrogen and oxygen atoms in total. The molecule has 1 unspecified atom stereocenters. The van der Waals surface area contributed by atoms with Gasteiger partial charge in [-0.1, -0.05) is 12.1 Å². The Morgan fingerprint density at radius 3 is 2.44 bits per heavy atom. The van der Waals surface area contributed by atoms with E-state index >= 15 is 0 Å². The molecular formula is C19H22FN3O4. The molecule has 1 aromatic heterocycles. The first-order valence-electron chi connectivity index (χ1n) is 8.86. The highest BCUT2D eigenvalue weighted by molar-refractivity contribution is 5.93. The van der Waals surface area contributed by atoms with E-state index in [1.807, 2.05) is 0 Å². The molecule has 0 radical (unpaired) electrons. The van der Waals surface area contributed by atoms with Crippen LogP contribution in [0.2, 0.25) is 0 Å². The van der Waals surface area contributed by atoms with Crippen LogP contribution in [-0.2, 0) is 6.54 Å². The second-order valence-electron chi connectivity index (χ2n) is 6.96. The maximum Gasteiger partial charge on any atom is 0.332 e. The van der Waals surface area contributed by atoms with Crippen molar-refractivity contribution in [3.8, 4) is 0 Å². The third-order valence-electron chi connectivity index (χ3n) is 4.74. The van der Waals surface area contributed by atoms with Crippen LogP contribution >= 0.6 is 0 Å². The molecule has 0 fully saturated rings. The topological polar surface area (TPSA) is 84.5 Å². The van der Waals surface area contributed by atoms with E-state index < -0.39 is 23.2 Å². The van der Waals surface area contributed by atoms with Crippen molar-refractivity contribution in [3.05, 3.63) is 68.2 Å². The van der Waals surface area contributed by atoms with Gasteiger partial charge in [-0.2, -0.15) is 0 Å². The molecule has 1 aliphatic heterocycles. The summed E-state index contributed by atoms with van der Waals surface area (Å²) in [6.45, 7) is 3.74. The van der Waals surface area contributed by atoms with Crippen molar-refractivity contribution in [1.82, 2.24) is 14.0 Å². The molecular weight excluding hydrogens is 353 g/mol. The van der Waals surface area contributed by atoms with E-state index in [4.69, 9.17) is 0 Å². The smallest absolute Gasteiger partial charge is 0.332 e. The SMILES string of the molecule is CC(C)n1c(=O)cc2n(c1=O)C(CCO)CN(Cc1ccc(F)cc1)C2=O. The number of carbonyl (C=O) groups excluding carboxylic acids is 1. The lowest BCUT2D eigenvalue weighted by Crippen LogP contribution is -2.52. The zero-order chi connectivity index (χ0) is 19.7.